The van der Waals surface area contributed by atoms with Crippen LogP contribution in [-0.2, 0) is 20.2 Å². The van der Waals surface area contributed by atoms with Crippen LogP contribution in [0.5, 0.6) is 5.75 Å². The second-order valence-electron chi connectivity index (χ2n) is 6.42. The molecule has 0 spiro atoms. The van der Waals surface area contributed by atoms with Crippen molar-refractivity contribution in [3.05, 3.63) is 29.8 Å². The van der Waals surface area contributed by atoms with Gasteiger partial charge < -0.3 is 19.3 Å². The predicted molar refractivity (Wildman–Crippen MR) is 89.0 cm³/mol. The van der Waals surface area contributed by atoms with Crippen LogP contribution in [0.3, 0.4) is 0 Å². The molecule has 142 valence electrons. The van der Waals surface area contributed by atoms with Crippen molar-refractivity contribution in [3.63, 3.8) is 0 Å². The molecule has 2 saturated heterocycles. The quantitative estimate of drug-likeness (QED) is 0.811. The van der Waals surface area contributed by atoms with E-state index >= 15 is 0 Å². The molecule has 1 atom stereocenters. The largest absolute Gasteiger partial charge is 0.497 e. The zero-order valence-electron chi connectivity index (χ0n) is 14.6. The summed E-state index contributed by atoms with van der Waals surface area (Å²) in [5.41, 5.74) is -0.374. The molecule has 1 aromatic carbocycles. The maximum absolute atomic E-state index is 14.5. The predicted octanol–water partition coefficient (Wildman–Crippen LogP) is 1.64. The smallest absolute Gasteiger partial charge is 0.349 e. The van der Waals surface area contributed by atoms with Gasteiger partial charge in [0.15, 0.2) is 0 Å². The summed E-state index contributed by atoms with van der Waals surface area (Å²) < 4.78 is 39.4. The van der Waals surface area contributed by atoms with Gasteiger partial charge in [-0.2, -0.15) is 8.78 Å². The summed E-state index contributed by atoms with van der Waals surface area (Å²) in [6.07, 6.45) is 1.11. The van der Waals surface area contributed by atoms with Crippen LogP contribution in [0.15, 0.2) is 24.3 Å². The molecule has 1 unspecified atom stereocenters. The Balaban J connectivity index is 1.60. The van der Waals surface area contributed by atoms with Gasteiger partial charge in [0.25, 0.3) is 11.8 Å². The number of ether oxygens (including phenoxy) is 2. The number of hydrogen-bond donors (Lipinski definition) is 0. The summed E-state index contributed by atoms with van der Waals surface area (Å²) in [5.74, 6) is -4.53. The third-order valence-electron chi connectivity index (χ3n) is 4.80. The van der Waals surface area contributed by atoms with Gasteiger partial charge in [-0.3, -0.25) is 9.59 Å². The lowest BCUT2D eigenvalue weighted by Crippen LogP contribution is -2.55. The number of amides is 2. The Morgan fingerprint density at radius 2 is 1.73 bits per heavy atom. The first-order valence-corrected chi connectivity index (χ1v) is 8.65. The number of benzene rings is 1. The minimum atomic E-state index is -3.62. The van der Waals surface area contributed by atoms with Crippen molar-refractivity contribution in [1.29, 1.82) is 0 Å². The maximum Gasteiger partial charge on any atom is 0.349 e. The zero-order chi connectivity index (χ0) is 18.7. The fraction of sp³-hybridized carbons (Fsp3) is 0.556. The second kappa shape index (κ2) is 7.57. The van der Waals surface area contributed by atoms with Gasteiger partial charge in [0.05, 0.1) is 7.11 Å². The van der Waals surface area contributed by atoms with Crippen molar-refractivity contribution in [2.75, 3.05) is 39.9 Å². The first kappa shape index (κ1) is 18.6. The molecule has 0 aliphatic carbocycles. The van der Waals surface area contributed by atoms with E-state index in [1.54, 1.807) is 4.90 Å². The van der Waals surface area contributed by atoms with Crippen molar-refractivity contribution in [2.24, 2.45) is 0 Å². The molecule has 2 aliphatic heterocycles. The van der Waals surface area contributed by atoms with E-state index in [1.807, 2.05) is 0 Å². The van der Waals surface area contributed by atoms with Crippen molar-refractivity contribution in [2.45, 2.75) is 24.9 Å². The van der Waals surface area contributed by atoms with Crippen LogP contribution in [0.2, 0.25) is 0 Å². The summed E-state index contributed by atoms with van der Waals surface area (Å²) in [6.45, 7) is 1.22. The van der Waals surface area contributed by atoms with E-state index in [2.05, 4.69) is 0 Å². The summed E-state index contributed by atoms with van der Waals surface area (Å²) in [7, 11) is 1.44. The molecule has 8 heteroatoms. The van der Waals surface area contributed by atoms with E-state index in [9.17, 15) is 18.4 Å². The third kappa shape index (κ3) is 3.65. The maximum atomic E-state index is 14.5. The molecule has 0 N–H and O–H groups in total. The molecule has 26 heavy (non-hydrogen) atoms. The van der Waals surface area contributed by atoms with Crippen molar-refractivity contribution < 1.29 is 27.8 Å². The van der Waals surface area contributed by atoms with Gasteiger partial charge in [0.2, 0.25) is 0 Å². The fourth-order valence-electron chi connectivity index (χ4n) is 3.23. The van der Waals surface area contributed by atoms with Gasteiger partial charge >= 0.3 is 5.92 Å². The highest BCUT2D eigenvalue weighted by Gasteiger charge is 2.45. The van der Waals surface area contributed by atoms with Crippen LogP contribution < -0.4 is 4.74 Å². The van der Waals surface area contributed by atoms with E-state index < -0.39 is 17.9 Å². The number of piperazine rings is 1. The highest BCUT2D eigenvalue weighted by Crippen LogP contribution is 2.32. The third-order valence-corrected chi connectivity index (χ3v) is 4.80. The van der Waals surface area contributed by atoms with Gasteiger partial charge in [0, 0.05) is 38.3 Å². The number of alkyl halides is 2. The lowest BCUT2D eigenvalue weighted by atomic mass is 10.1. The van der Waals surface area contributed by atoms with Crippen LogP contribution in [0.1, 0.15) is 18.4 Å². The first-order valence-electron chi connectivity index (χ1n) is 8.65. The number of halogens is 2. The molecule has 2 heterocycles. The second-order valence-corrected chi connectivity index (χ2v) is 6.42. The molecule has 0 saturated carbocycles. The molecular weight excluding hydrogens is 346 g/mol. The fourth-order valence-corrected chi connectivity index (χ4v) is 3.23. The van der Waals surface area contributed by atoms with E-state index in [1.165, 1.54) is 31.4 Å². The summed E-state index contributed by atoms with van der Waals surface area (Å²) >= 11 is 0. The van der Waals surface area contributed by atoms with Crippen molar-refractivity contribution in [3.8, 4) is 5.75 Å². The van der Waals surface area contributed by atoms with E-state index in [4.69, 9.17) is 9.47 Å². The highest BCUT2D eigenvalue weighted by atomic mass is 19.3. The number of rotatable bonds is 4. The van der Waals surface area contributed by atoms with Gasteiger partial charge in [0.1, 0.15) is 11.9 Å². The molecule has 1 aromatic rings. The summed E-state index contributed by atoms with van der Waals surface area (Å²) in [4.78, 5) is 27.3. The van der Waals surface area contributed by atoms with Crippen molar-refractivity contribution in [1.82, 2.24) is 9.80 Å². The zero-order valence-corrected chi connectivity index (χ0v) is 14.6. The topological polar surface area (TPSA) is 59.1 Å². The number of hydrogen-bond acceptors (Lipinski definition) is 4. The summed E-state index contributed by atoms with van der Waals surface area (Å²) in [6, 6.07) is 5.17. The lowest BCUT2D eigenvalue weighted by Gasteiger charge is -2.37. The van der Waals surface area contributed by atoms with Gasteiger partial charge in [-0.05, 0) is 37.1 Å². The average molecular weight is 368 g/mol. The average Bonchev–Trinajstić information content (AvgIpc) is 3.21. The van der Waals surface area contributed by atoms with Crippen LogP contribution in [0.4, 0.5) is 8.78 Å². The minimum absolute atomic E-state index is 0.0863. The first-order chi connectivity index (χ1) is 12.4. The number of carbonyl (C=O) groups excluding carboxylic acids is 2. The molecule has 2 aliphatic rings. The Hall–Kier alpha value is -2.22. The SMILES string of the molecule is COc1ccc(C(F)(F)C(=O)N2CCN(C(=O)C3CCCO3)CC2)cc1. The number of nitrogens with zero attached hydrogens (tertiary/aromatic N) is 2. The monoisotopic (exact) mass is 368 g/mol. The van der Waals surface area contributed by atoms with Crippen LogP contribution in [-0.4, -0.2) is 67.6 Å². The standard InChI is InChI=1S/C18H22F2N2O4/c1-25-14-6-4-13(5-7-14)18(19,20)17(24)22-10-8-21(9-11-22)16(23)15-3-2-12-26-15/h4-7,15H,2-3,8-12H2,1H3. The van der Waals surface area contributed by atoms with Gasteiger partial charge in [-0.25, -0.2) is 0 Å². The molecule has 0 bridgehead atoms. The minimum Gasteiger partial charge on any atom is -0.497 e. The van der Waals surface area contributed by atoms with Crippen LogP contribution in [0, 0.1) is 0 Å². The van der Waals surface area contributed by atoms with E-state index in [-0.39, 0.29) is 37.6 Å². The Bertz CT molecular complexity index is 652. The van der Waals surface area contributed by atoms with Gasteiger partial charge in [-0.1, -0.05) is 0 Å². The molecular formula is C18H22F2N2O4. The number of carbonyl (C=O) groups is 2. The number of methoxy groups -OCH3 is 1. The molecule has 2 fully saturated rings. The van der Waals surface area contributed by atoms with E-state index in [0.717, 1.165) is 11.3 Å². The molecule has 0 radical (unpaired) electrons. The Kier molecular flexibility index (Phi) is 5.41. The van der Waals surface area contributed by atoms with Crippen molar-refractivity contribution >= 4 is 11.8 Å². The Morgan fingerprint density at radius 1 is 1.12 bits per heavy atom. The lowest BCUT2D eigenvalue weighted by molar-refractivity contribution is -0.162. The molecule has 3 rings (SSSR count). The molecule has 6 nitrogen and oxygen atoms in total. The van der Waals surface area contributed by atoms with Gasteiger partial charge in [-0.15, -0.1) is 0 Å². The van der Waals surface area contributed by atoms with Crippen LogP contribution >= 0.6 is 0 Å². The Labute approximate surface area is 150 Å². The molecule has 2 amide bonds. The molecule has 0 aromatic heterocycles. The van der Waals surface area contributed by atoms with Crippen LogP contribution in [0.25, 0.3) is 0 Å². The normalized spacial score (nSPS) is 21.0. The Morgan fingerprint density at radius 3 is 2.27 bits per heavy atom. The van der Waals surface area contributed by atoms with E-state index in [0.29, 0.717) is 18.8 Å². The highest BCUT2D eigenvalue weighted by molar-refractivity contribution is 5.86. The summed E-state index contributed by atoms with van der Waals surface area (Å²) in [5, 5.41) is 0.